The number of rotatable bonds is 4. The Morgan fingerprint density at radius 1 is 1.23 bits per heavy atom. The summed E-state index contributed by atoms with van der Waals surface area (Å²) >= 11 is 0. The number of aromatic amines is 1. The molecule has 0 aliphatic heterocycles. The number of benzene rings is 1. The standard InChI is InChI=1S/C22H27N7O/c1-12(2)10-25-21(30)15-14(7-6-13-8-9-24-17(13)15)18-16-19(23)26-11-27-20(16)29(28-18)22(3,4)5/h6-9,11-12,24H,10H2,1-5H3,(H,25,30)(H2,23,26,27). The monoisotopic (exact) mass is 405 g/mol. The maximum atomic E-state index is 13.3. The number of nitrogen functional groups attached to an aromatic ring is 1. The van der Waals surface area contributed by atoms with E-state index in [1.807, 2.05) is 49.8 Å². The van der Waals surface area contributed by atoms with E-state index in [4.69, 9.17) is 10.8 Å². The minimum Gasteiger partial charge on any atom is -0.383 e. The van der Waals surface area contributed by atoms with Gasteiger partial charge in [0.05, 0.1) is 22.0 Å². The Morgan fingerprint density at radius 2 is 2.00 bits per heavy atom. The molecule has 0 fully saturated rings. The summed E-state index contributed by atoms with van der Waals surface area (Å²) in [5, 5.41) is 9.50. The molecule has 0 aliphatic carbocycles. The summed E-state index contributed by atoms with van der Waals surface area (Å²) in [5.74, 6) is 0.525. The Balaban J connectivity index is 2.02. The minimum absolute atomic E-state index is 0.152. The molecule has 0 bridgehead atoms. The van der Waals surface area contributed by atoms with Crippen molar-refractivity contribution in [2.24, 2.45) is 5.92 Å². The molecule has 0 spiro atoms. The van der Waals surface area contributed by atoms with Gasteiger partial charge in [0.25, 0.3) is 5.91 Å². The maximum Gasteiger partial charge on any atom is 0.254 e. The third-order valence-corrected chi connectivity index (χ3v) is 5.01. The molecule has 4 aromatic rings. The molecule has 4 rings (SSSR count). The van der Waals surface area contributed by atoms with Gasteiger partial charge in [-0.2, -0.15) is 5.10 Å². The molecule has 3 aromatic heterocycles. The van der Waals surface area contributed by atoms with E-state index >= 15 is 0 Å². The molecule has 30 heavy (non-hydrogen) atoms. The molecule has 0 aliphatic rings. The molecule has 8 heteroatoms. The van der Waals surface area contributed by atoms with Crippen molar-refractivity contribution >= 4 is 33.7 Å². The van der Waals surface area contributed by atoms with Crippen molar-refractivity contribution in [3.63, 3.8) is 0 Å². The van der Waals surface area contributed by atoms with Gasteiger partial charge in [0, 0.05) is 23.7 Å². The molecular formula is C22H27N7O. The van der Waals surface area contributed by atoms with E-state index in [0.29, 0.717) is 46.1 Å². The molecule has 0 unspecified atom stereocenters. The van der Waals surface area contributed by atoms with E-state index in [9.17, 15) is 4.79 Å². The second-order valence-electron chi connectivity index (χ2n) is 8.92. The quantitative estimate of drug-likeness (QED) is 0.479. The number of carbonyl (C=O) groups excluding carboxylic acids is 1. The summed E-state index contributed by atoms with van der Waals surface area (Å²) < 4.78 is 1.84. The predicted molar refractivity (Wildman–Crippen MR) is 119 cm³/mol. The van der Waals surface area contributed by atoms with Crippen molar-refractivity contribution in [2.45, 2.75) is 40.2 Å². The number of fused-ring (bicyclic) bond motifs is 2. The number of nitrogens with zero attached hydrogens (tertiary/aromatic N) is 4. The molecule has 0 saturated heterocycles. The summed E-state index contributed by atoms with van der Waals surface area (Å²) in [5.41, 5.74) is 9.18. The number of carbonyl (C=O) groups is 1. The maximum absolute atomic E-state index is 13.3. The SMILES string of the molecule is CC(C)CNC(=O)c1c(-c2nn(C(C)(C)C)c3ncnc(N)c23)ccc2cc[nH]c12. The zero-order valence-electron chi connectivity index (χ0n) is 17.9. The van der Waals surface area contributed by atoms with Gasteiger partial charge in [0.2, 0.25) is 0 Å². The Kier molecular flexibility index (Phi) is 4.72. The van der Waals surface area contributed by atoms with Crippen LogP contribution in [0.15, 0.2) is 30.7 Å². The van der Waals surface area contributed by atoms with Crippen LogP contribution in [0.25, 0.3) is 33.2 Å². The molecule has 156 valence electrons. The van der Waals surface area contributed by atoms with E-state index in [-0.39, 0.29) is 11.4 Å². The van der Waals surface area contributed by atoms with Gasteiger partial charge in [-0.25, -0.2) is 14.6 Å². The highest BCUT2D eigenvalue weighted by Crippen LogP contribution is 2.36. The highest BCUT2D eigenvalue weighted by atomic mass is 16.1. The summed E-state index contributed by atoms with van der Waals surface area (Å²) in [6.07, 6.45) is 3.27. The van der Waals surface area contributed by atoms with E-state index in [0.717, 1.165) is 10.9 Å². The zero-order chi connectivity index (χ0) is 21.6. The lowest BCUT2D eigenvalue weighted by molar-refractivity contribution is 0.0951. The number of nitrogens with one attached hydrogen (secondary N) is 2. The van der Waals surface area contributed by atoms with Crippen molar-refractivity contribution in [1.29, 1.82) is 0 Å². The van der Waals surface area contributed by atoms with Crippen LogP contribution < -0.4 is 11.1 Å². The fourth-order valence-electron chi connectivity index (χ4n) is 3.58. The Bertz CT molecular complexity index is 1240. The number of hydrogen-bond donors (Lipinski definition) is 3. The van der Waals surface area contributed by atoms with Gasteiger partial charge in [-0.15, -0.1) is 0 Å². The smallest absolute Gasteiger partial charge is 0.254 e. The fourth-order valence-corrected chi connectivity index (χ4v) is 3.58. The number of hydrogen-bond acceptors (Lipinski definition) is 5. The highest BCUT2D eigenvalue weighted by molar-refractivity contribution is 6.13. The lowest BCUT2D eigenvalue weighted by Crippen LogP contribution is -2.28. The summed E-state index contributed by atoms with van der Waals surface area (Å²) in [6.45, 7) is 10.8. The summed E-state index contributed by atoms with van der Waals surface area (Å²) in [7, 11) is 0. The lowest BCUT2D eigenvalue weighted by atomic mass is 9.99. The van der Waals surface area contributed by atoms with Gasteiger partial charge in [0.15, 0.2) is 5.65 Å². The normalized spacial score (nSPS) is 12.2. The molecule has 3 heterocycles. The van der Waals surface area contributed by atoms with Crippen LogP contribution in [-0.4, -0.2) is 37.2 Å². The first-order valence-corrected chi connectivity index (χ1v) is 10.1. The van der Waals surface area contributed by atoms with Crippen LogP contribution in [0.1, 0.15) is 45.0 Å². The number of nitrogens with two attached hydrogens (primary N) is 1. The van der Waals surface area contributed by atoms with Crippen molar-refractivity contribution in [2.75, 3.05) is 12.3 Å². The number of aromatic nitrogens is 5. The molecular weight excluding hydrogens is 378 g/mol. The van der Waals surface area contributed by atoms with Crippen LogP contribution in [0.5, 0.6) is 0 Å². The Labute approximate surface area is 174 Å². The van der Waals surface area contributed by atoms with Crippen molar-refractivity contribution in [3.8, 4) is 11.3 Å². The average molecular weight is 406 g/mol. The van der Waals surface area contributed by atoms with Gasteiger partial charge >= 0.3 is 0 Å². The van der Waals surface area contributed by atoms with Crippen molar-refractivity contribution < 1.29 is 4.79 Å². The highest BCUT2D eigenvalue weighted by Gasteiger charge is 2.27. The van der Waals surface area contributed by atoms with Crippen LogP contribution >= 0.6 is 0 Å². The number of amides is 1. The molecule has 0 saturated carbocycles. The van der Waals surface area contributed by atoms with Crippen molar-refractivity contribution in [3.05, 3.63) is 36.3 Å². The van der Waals surface area contributed by atoms with E-state index in [1.165, 1.54) is 6.33 Å². The second kappa shape index (κ2) is 7.12. The van der Waals surface area contributed by atoms with Gasteiger partial charge < -0.3 is 16.0 Å². The summed E-state index contributed by atoms with van der Waals surface area (Å²) in [4.78, 5) is 25.1. The van der Waals surface area contributed by atoms with Crippen LogP contribution in [0.2, 0.25) is 0 Å². The molecule has 4 N–H and O–H groups in total. The first-order valence-electron chi connectivity index (χ1n) is 10.1. The van der Waals surface area contributed by atoms with E-state index in [1.54, 1.807) is 0 Å². The van der Waals surface area contributed by atoms with Crippen LogP contribution in [0, 0.1) is 5.92 Å². The van der Waals surface area contributed by atoms with E-state index in [2.05, 4.69) is 34.1 Å². The summed E-state index contributed by atoms with van der Waals surface area (Å²) in [6, 6.07) is 5.84. The van der Waals surface area contributed by atoms with Gasteiger partial charge in [-0.05, 0) is 32.8 Å². The molecule has 0 atom stereocenters. The molecule has 1 amide bonds. The molecule has 1 aromatic carbocycles. The molecule has 8 nitrogen and oxygen atoms in total. The first kappa shape index (κ1) is 19.9. The Hall–Kier alpha value is -3.42. The third-order valence-electron chi connectivity index (χ3n) is 5.01. The third kappa shape index (κ3) is 3.28. The number of H-pyrrole nitrogens is 1. The predicted octanol–water partition coefficient (Wildman–Crippen LogP) is 3.70. The topological polar surface area (TPSA) is 115 Å². The van der Waals surface area contributed by atoms with Gasteiger partial charge in [0.1, 0.15) is 17.8 Å². The Morgan fingerprint density at radius 3 is 2.70 bits per heavy atom. The molecule has 0 radical (unpaired) electrons. The minimum atomic E-state index is -0.326. The first-order chi connectivity index (χ1) is 14.2. The fraction of sp³-hybridized carbons (Fsp3) is 0.364. The zero-order valence-corrected chi connectivity index (χ0v) is 17.9. The number of anilines is 1. The van der Waals surface area contributed by atoms with Crippen LogP contribution in [0.3, 0.4) is 0 Å². The van der Waals surface area contributed by atoms with Gasteiger partial charge in [-0.1, -0.05) is 26.0 Å². The van der Waals surface area contributed by atoms with Crippen LogP contribution in [0.4, 0.5) is 5.82 Å². The van der Waals surface area contributed by atoms with Crippen LogP contribution in [-0.2, 0) is 5.54 Å². The second-order valence-corrected chi connectivity index (χ2v) is 8.92. The average Bonchev–Trinajstić information content (AvgIpc) is 3.30. The van der Waals surface area contributed by atoms with Gasteiger partial charge in [-0.3, -0.25) is 4.79 Å². The van der Waals surface area contributed by atoms with Crippen molar-refractivity contribution in [1.82, 2.24) is 30.0 Å². The largest absolute Gasteiger partial charge is 0.383 e. The van der Waals surface area contributed by atoms with E-state index < -0.39 is 0 Å². The lowest BCUT2D eigenvalue weighted by Gasteiger charge is -2.19.